The van der Waals surface area contributed by atoms with E-state index in [-0.39, 0.29) is 5.91 Å². The van der Waals surface area contributed by atoms with E-state index in [0.29, 0.717) is 43.3 Å². The summed E-state index contributed by atoms with van der Waals surface area (Å²) in [7, 11) is 0. The standard InChI is InChI=1S/C19H19F3N6O/c20-19(21,22)13-4-6-14(7-5-13)24-18-25-16-3-1-2-15(28(16)26-18)8-10-27-11-9-23-17(29)12-27/h1-7H,8-12H2,(H,23,29)(H,24,26). The lowest BCUT2D eigenvalue weighted by molar-refractivity contribution is -0.137. The lowest BCUT2D eigenvalue weighted by Crippen LogP contribution is -2.48. The summed E-state index contributed by atoms with van der Waals surface area (Å²) in [6, 6.07) is 10.3. The van der Waals surface area contributed by atoms with Crippen molar-refractivity contribution in [3.63, 3.8) is 0 Å². The first kappa shape index (κ1) is 19.2. The minimum Gasteiger partial charge on any atom is -0.354 e. The van der Waals surface area contributed by atoms with E-state index < -0.39 is 11.7 Å². The Hall–Kier alpha value is -3.14. The molecular formula is C19H19F3N6O. The van der Waals surface area contributed by atoms with Gasteiger partial charge in [0.05, 0.1) is 12.1 Å². The minimum absolute atomic E-state index is 0.0262. The van der Waals surface area contributed by atoms with Gasteiger partial charge in [-0.05, 0) is 36.4 Å². The maximum atomic E-state index is 12.7. The molecule has 1 aliphatic rings. The average Bonchev–Trinajstić information content (AvgIpc) is 3.09. The largest absolute Gasteiger partial charge is 0.416 e. The smallest absolute Gasteiger partial charge is 0.354 e. The first-order valence-electron chi connectivity index (χ1n) is 9.16. The third-order valence-corrected chi connectivity index (χ3v) is 4.71. The zero-order chi connectivity index (χ0) is 20.4. The van der Waals surface area contributed by atoms with Gasteiger partial charge in [-0.15, -0.1) is 5.10 Å². The van der Waals surface area contributed by atoms with Crippen LogP contribution in [0.1, 0.15) is 11.3 Å². The fourth-order valence-corrected chi connectivity index (χ4v) is 3.23. The van der Waals surface area contributed by atoms with Crippen LogP contribution in [0.15, 0.2) is 42.5 Å². The zero-order valence-corrected chi connectivity index (χ0v) is 15.4. The summed E-state index contributed by atoms with van der Waals surface area (Å²) in [5, 5.41) is 10.2. The van der Waals surface area contributed by atoms with Gasteiger partial charge in [0, 0.05) is 37.4 Å². The van der Waals surface area contributed by atoms with Gasteiger partial charge in [-0.1, -0.05) is 6.07 Å². The Bertz CT molecular complexity index is 1010. The number of aromatic nitrogens is 3. The number of nitrogens with zero attached hydrogens (tertiary/aromatic N) is 4. The number of alkyl halides is 3. The Morgan fingerprint density at radius 1 is 1.14 bits per heavy atom. The molecule has 0 atom stereocenters. The van der Waals surface area contributed by atoms with Crippen LogP contribution in [0.3, 0.4) is 0 Å². The Kier molecular flexibility index (Phi) is 5.10. The molecular weight excluding hydrogens is 385 g/mol. The molecule has 1 saturated heterocycles. The van der Waals surface area contributed by atoms with Crippen molar-refractivity contribution >= 4 is 23.2 Å². The summed E-state index contributed by atoms with van der Waals surface area (Å²) in [5.41, 5.74) is 1.32. The highest BCUT2D eigenvalue weighted by Crippen LogP contribution is 2.30. The van der Waals surface area contributed by atoms with Crippen LogP contribution >= 0.6 is 0 Å². The molecule has 29 heavy (non-hydrogen) atoms. The van der Waals surface area contributed by atoms with Gasteiger partial charge >= 0.3 is 6.18 Å². The Balaban J connectivity index is 1.48. The van der Waals surface area contributed by atoms with Gasteiger partial charge in [0.1, 0.15) is 0 Å². The van der Waals surface area contributed by atoms with Crippen LogP contribution < -0.4 is 10.6 Å². The topological polar surface area (TPSA) is 74.6 Å². The molecule has 1 aliphatic heterocycles. The number of carbonyl (C=O) groups excluding carboxylic acids is 1. The van der Waals surface area contributed by atoms with Crippen LogP contribution in [-0.4, -0.2) is 51.6 Å². The van der Waals surface area contributed by atoms with Crippen molar-refractivity contribution in [2.24, 2.45) is 0 Å². The fraction of sp³-hybridized carbons (Fsp3) is 0.316. The summed E-state index contributed by atoms with van der Waals surface area (Å²) >= 11 is 0. The molecule has 2 aromatic heterocycles. The third-order valence-electron chi connectivity index (χ3n) is 4.71. The number of fused-ring (bicyclic) bond motifs is 1. The van der Waals surface area contributed by atoms with E-state index >= 15 is 0 Å². The van der Waals surface area contributed by atoms with Crippen molar-refractivity contribution in [1.29, 1.82) is 0 Å². The lowest BCUT2D eigenvalue weighted by Gasteiger charge is -2.26. The normalized spacial score (nSPS) is 15.5. The number of benzene rings is 1. The number of pyridine rings is 1. The van der Waals surface area contributed by atoms with Crippen molar-refractivity contribution in [3.8, 4) is 0 Å². The second-order valence-corrected chi connectivity index (χ2v) is 6.80. The highest BCUT2D eigenvalue weighted by Gasteiger charge is 2.30. The fourth-order valence-electron chi connectivity index (χ4n) is 3.23. The zero-order valence-electron chi connectivity index (χ0n) is 15.4. The van der Waals surface area contributed by atoms with Crippen molar-refractivity contribution in [1.82, 2.24) is 24.8 Å². The molecule has 0 aliphatic carbocycles. The molecule has 0 radical (unpaired) electrons. The predicted octanol–water partition coefficient (Wildman–Crippen LogP) is 2.47. The van der Waals surface area contributed by atoms with Gasteiger partial charge in [-0.2, -0.15) is 18.2 Å². The van der Waals surface area contributed by atoms with Gasteiger partial charge in [-0.25, -0.2) is 4.52 Å². The van der Waals surface area contributed by atoms with E-state index in [1.54, 1.807) is 4.52 Å². The van der Waals surface area contributed by atoms with E-state index in [9.17, 15) is 18.0 Å². The van der Waals surface area contributed by atoms with Crippen LogP contribution in [0, 0.1) is 0 Å². The summed E-state index contributed by atoms with van der Waals surface area (Å²) in [4.78, 5) is 18.0. The molecule has 2 N–H and O–H groups in total. The molecule has 10 heteroatoms. The molecule has 3 aromatic rings. The first-order valence-corrected chi connectivity index (χ1v) is 9.16. The van der Waals surface area contributed by atoms with Crippen molar-refractivity contribution in [2.75, 3.05) is 31.5 Å². The average molecular weight is 404 g/mol. The van der Waals surface area contributed by atoms with Crippen molar-refractivity contribution in [3.05, 3.63) is 53.7 Å². The number of hydrogen-bond donors (Lipinski definition) is 2. The number of carbonyl (C=O) groups is 1. The minimum atomic E-state index is -4.37. The van der Waals surface area contributed by atoms with Gasteiger partial charge in [0.2, 0.25) is 11.9 Å². The lowest BCUT2D eigenvalue weighted by atomic mass is 10.2. The summed E-state index contributed by atoms with van der Waals surface area (Å²) in [6.07, 6.45) is -3.68. The van der Waals surface area contributed by atoms with Crippen LogP contribution in [0.5, 0.6) is 0 Å². The molecule has 7 nitrogen and oxygen atoms in total. The SMILES string of the molecule is O=C1CN(CCc2cccc3nc(Nc4ccc(C(F)(F)F)cc4)nn23)CCN1. The number of piperazine rings is 1. The highest BCUT2D eigenvalue weighted by molar-refractivity contribution is 5.78. The van der Waals surface area contributed by atoms with Gasteiger partial charge < -0.3 is 10.6 Å². The predicted molar refractivity (Wildman–Crippen MR) is 101 cm³/mol. The molecule has 152 valence electrons. The first-order chi connectivity index (χ1) is 13.9. The molecule has 3 heterocycles. The second kappa shape index (κ2) is 7.70. The van der Waals surface area contributed by atoms with Gasteiger partial charge in [-0.3, -0.25) is 9.69 Å². The highest BCUT2D eigenvalue weighted by atomic mass is 19.4. The maximum absolute atomic E-state index is 12.7. The van der Waals surface area contributed by atoms with Gasteiger partial charge in [0.25, 0.3) is 0 Å². The molecule has 0 bridgehead atoms. The summed E-state index contributed by atoms with van der Waals surface area (Å²) < 4.78 is 39.8. The monoisotopic (exact) mass is 404 g/mol. The van der Waals surface area contributed by atoms with Crippen LogP contribution in [0.4, 0.5) is 24.8 Å². The van der Waals surface area contributed by atoms with Crippen molar-refractivity contribution < 1.29 is 18.0 Å². The maximum Gasteiger partial charge on any atom is 0.416 e. The number of anilines is 2. The quantitative estimate of drug-likeness (QED) is 0.684. The van der Waals surface area contributed by atoms with Crippen LogP contribution in [-0.2, 0) is 17.4 Å². The Morgan fingerprint density at radius 3 is 2.66 bits per heavy atom. The number of halogens is 3. The van der Waals surface area contributed by atoms with Crippen LogP contribution in [0.2, 0.25) is 0 Å². The number of hydrogen-bond acceptors (Lipinski definition) is 5. The molecule has 1 amide bonds. The third kappa shape index (κ3) is 4.48. The Morgan fingerprint density at radius 2 is 1.93 bits per heavy atom. The molecule has 0 spiro atoms. The number of rotatable bonds is 5. The molecule has 4 rings (SSSR count). The van der Waals surface area contributed by atoms with E-state index in [4.69, 9.17) is 0 Å². The van der Waals surface area contributed by atoms with E-state index in [1.165, 1.54) is 12.1 Å². The number of nitrogens with one attached hydrogen (secondary N) is 2. The van der Waals surface area contributed by atoms with E-state index in [0.717, 1.165) is 24.4 Å². The van der Waals surface area contributed by atoms with E-state index in [1.807, 2.05) is 18.2 Å². The molecule has 0 unspecified atom stereocenters. The second-order valence-electron chi connectivity index (χ2n) is 6.80. The Labute approximate surface area is 164 Å². The van der Waals surface area contributed by atoms with Crippen molar-refractivity contribution in [2.45, 2.75) is 12.6 Å². The summed E-state index contributed by atoms with van der Waals surface area (Å²) in [6.45, 7) is 2.55. The van der Waals surface area contributed by atoms with Crippen LogP contribution in [0.25, 0.3) is 5.65 Å². The van der Waals surface area contributed by atoms with Gasteiger partial charge in [0.15, 0.2) is 5.65 Å². The summed E-state index contributed by atoms with van der Waals surface area (Å²) in [5.74, 6) is 0.327. The molecule has 0 saturated carbocycles. The number of amides is 1. The van der Waals surface area contributed by atoms with E-state index in [2.05, 4.69) is 25.6 Å². The molecule has 1 fully saturated rings. The molecule has 1 aromatic carbocycles.